The van der Waals surface area contributed by atoms with Gasteiger partial charge in [0.2, 0.25) is 0 Å². The van der Waals surface area contributed by atoms with Crippen LogP contribution >= 0.6 is 0 Å². The summed E-state index contributed by atoms with van der Waals surface area (Å²) >= 11 is 0. The van der Waals surface area contributed by atoms with Crippen molar-refractivity contribution >= 4 is 8.07 Å². The Balaban J connectivity index is 2.23. The zero-order valence-corrected chi connectivity index (χ0v) is 10.7. The Morgan fingerprint density at radius 1 is 1.23 bits per heavy atom. The van der Waals surface area contributed by atoms with Gasteiger partial charge in [-0.2, -0.15) is 0 Å². The van der Waals surface area contributed by atoms with Crippen LogP contribution in [0.4, 0.5) is 0 Å². The van der Waals surface area contributed by atoms with Crippen LogP contribution in [0, 0.1) is 5.41 Å². The number of hydrogen-bond acceptors (Lipinski definition) is 1. The summed E-state index contributed by atoms with van der Waals surface area (Å²) in [6, 6.07) is 1.52. The summed E-state index contributed by atoms with van der Waals surface area (Å²) in [4.78, 5) is 0. The molecule has 1 fully saturated rings. The highest BCUT2D eigenvalue weighted by molar-refractivity contribution is 6.76. The fourth-order valence-corrected chi connectivity index (χ4v) is 4.98. The van der Waals surface area contributed by atoms with Gasteiger partial charge in [-0.15, -0.1) is 0 Å². The highest BCUT2D eigenvalue weighted by Gasteiger charge is 2.44. The predicted molar refractivity (Wildman–Crippen MR) is 63.0 cm³/mol. The average molecular weight is 199 g/mol. The average Bonchev–Trinajstić information content (AvgIpc) is 2.66. The molecule has 0 aliphatic heterocycles. The molecule has 1 saturated carbocycles. The lowest BCUT2D eigenvalue weighted by Crippen LogP contribution is -2.32. The number of rotatable bonds is 6. The van der Waals surface area contributed by atoms with Crippen molar-refractivity contribution < 1.29 is 0 Å². The summed E-state index contributed by atoms with van der Waals surface area (Å²) in [5, 5.41) is 3.58. The third kappa shape index (κ3) is 4.27. The zero-order valence-electron chi connectivity index (χ0n) is 9.74. The highest BCUT2D eigenvalue weighted by Crippen LogP contribution is 2.51. The van der Waals surface area contributed by atoms with Gasteiger partial charge in [-0.3, -0.25) is 0 Å². The second-order valence-corrected chi connectivity index (χ2v) is 11.4. The first-order chi connectivity index (χ1) is 5.97. The van der Waals surface area contributed by atoms with E-state index in [1.54, 1.807) is 0 Å². The molecule has 1 aliphatic carbocycles. The van der Waals surface area contributed by atoms with Crippen molar-refractivity contribution in [2.75, 3.05) is 13.1 Å². The first-order valence-corrected chi connectivity index (χ1v) is 9.39. The Morgan fingerprint density at radius 3 is 2.23 bits per heavy atom. The largest absolute Gasteiger partial charge is 0.316 e. The van der Waals surface area contributed by atoms with E-state index in [0.717, 1.165) is 5.41 Å². The molecule has 2 heteroatoms. The molecule has 1 nitrogen and oxygen atoms in total. The minimum atomic E-state index is -0.830. The first-order valence-electron chi connectivity index (χ1n) is 5.68. The fraction of sp³-hybridized carbons (Fsp3) is 1.00. The van der Waals surface area contributed by atoms with Gasteiger partial charge < -0.3 is 5.32 Å². The van der Waals surface area contributed by atoms with E-state index < -0.39 is 8.07 Å². The van der Waals surface area contributed by atoms with Crippen molar-refractivity contribution in [2.24, 2.45) is 5.41 Å². The highest BCUT2D eigenvalue weighted by atomic mass is 28.3. The van der Waals surface area contributed by atoms with Crippen LogP contribution in [0.3, 0.4) is 0 Å². The zero-order chi connectivity index (χ0) is 9.95. The fourth-order valence-electron chi connectivity index (χ4n) is 2.25. The van der Waals surface area contributed by atoms with Crippen molar-refractivity contribution in [3.63, 3.8) is 0 Å². The van der Waals surface area contributed by atoms with E-state index in [4.69, 9.17) is 0 Å². The van der Waals surface area contributed by atoms with Crippen LogP contribution < -0.4 is 5.32 Å². The van der Waals surface area contributed by atoms with Crippen LogP contribution in [0.2, 0.25) is 25.7 Å². The lowest BCUT2D eigenvalue weighted by atomic mass is 10.1. The van der Waals surface area contributed by atoms with Crippen LogP contribution in [-0.4, -0.2) is 21.2 Å². The monoisotopic (exact) mass is 199 g/mol. The van der Waals surface area contributed by atoms with E-state index in [2.05, 4.69) is 31.9 Å². The lowest BCUT2D eigenvalue weighted by molar-refractivity contribution is 0.494. The molecule has 0 radical (unpaired) electrons. The van der Waals surface area contributed by atoms with Gasteiger partial charge in [0.1, 0.15) is 0 Å². The van der Waals surface area contributed by atoms with Gasteiger partial charge in [-0.25, -0.2) is 0 Å². The van der Waals surface area contributed by atoms with Crippen molar-refractivity contribution in [2.45, 2.75) is 51.9 Å². The molecule has 0 bridgehead atoms. The molecule has 1 aliphatic rings. The molecule has 78 valence electrons. The maximum atomic E-state index is 3.58. The van der Waals surface area contributed by atoms with Gasteiger partial charge >= 0.3 is 0 Å². The normalized spacial score (nSPS) is 20.3. The molecular formula is C11H25NSi. The number of nitrogens with one attached hydrogen (secondary N) is 1. The van der Waals surface area contributed by atoms with Gasteiger partial charge in [0.05, 0.1) is 0 Å². The molecule has 0 aromatic rings. The van der Waals surface area contributed by atoms with Gasteiger partial charge in [0, 0.05) is 14.6 Å². The predicted octanol–water partition coefficient (Wildman–Crippen LogP) is 3.10. The Kier molecular flexibility index (Phi) is 3.58. The summed E-state index contributed by atoms with van der Waals surface area (Å²) in [5.41, 5.74) is 0.736. The van der Waals surface area contributed by atoms with E-state index in [-0.39, 0.29) is 0 Å². The van der Waals surface area contributed by atoms with Gasteiger partial charge in [0.15, 0.2) is 0 Å². The Labute approximate surface area is 84.3 Å². The van der Waals surface area contributed by atoms with Crippen LogP contribution in [0.1, 0.15) is 26.2 Å². The van der Waals surface area contributed by atoms with Crippen LogP contribution in [0.25, 0.3) is 0 Å². The molecule has 13 heavy (non-hydrogen) atoms. The number of hydrogen-bond donors (Lipinski definition) is 1. The maximum absolute atomic E-state index is 3.58. The topological polar surface area (TPSA) is 12.0 Å². The standard InChI is InChI=1S/C11H25NSi/c1-5-8-12-9-11(6-7-11)10-13(2,3)4/h12H,5-10H2,1-4H3. The molecule has 0 unspecified atom stereocenters. The quantitative estimate of drug-likeness (QED) is 0.512. The van der Waals surface area contributed by atoms with Crippen LogP contribution in [0.15, 0.2) is 0 Å². The Morgan fingerprint density at radius 2 is 1.85 bits per heavy atom. The Hall–Kier alpha value is 0.177. The summed E-state index contributed by atoms with van der Waals surface area (Å²) in [6.07, 6.45) is 4.23. The molecule has 0 aromatic carbocycles. The molecule has 1 N–H and O–H groups in total. The molecule has 0 aromatic heterocycles. The van der Waals surface area contributed by atoms with E-state index in [1.807, 2.05) is 0 Å². The summed E-state index contributed by atoms with van der Waals surface area (Å²) in [5.74, 6) is 0. The van der Waals surface area contributed by atoms with E-state index in [0.29, 0.717) is 0 Å². The molecule has 0 spiro atoms. The van der Waals surface area contributed by atoms with Crippen molar-refractivity contribution in [1.29, 1.82) is 0 Å². The second kappa shape index (κ2) is 4.14. The smallest absolute Gasteiger partial charge is 0.0448 e. The minimum absolute atomic E-state index is 0.736. The molecule has 1 rings (SSSR count). The summed E-state index contributed by atoms with van der Waals surface area (Å²) < 4.78 is 0. The van der Waals surface area contributed by atoms with E-state index in [1.165, 1.54) is 38.4 Å². The van der Waals surface area contributed by atoms with Crippen molar-refractivity contribution in [1.82, 2.24) is 5.32 Å². The third-order valence-electron chi connectivity index (χ3n) is 2.79. The first kappa shape index (κ1) is 11.3. The van der Waals surface area contributed by atoms with Crippen LogP contribution in [-0.2, 0) is 0 Å². The van der Waals surface area contributed by atoms with E-state index >= 15 is 0 Å². The third-order valence-corrected chi connectivity index (χ3v) is 4.60. The molecule has 0 amide bonds. The molecular weight excluding hydrogens is 174 g/mol. The van der Waals surface area contributed by atoms with Crippen molar-refractivity contribution in [3.05, 3.63) is 0 Å². The molecule has 0 heterocycles. The SMILES string of the molecule is CCCNCC1(C[Si](C)(C)C)CC1. The lowest BCUT2D eigenvalue weighted by Gasteiger charge is -2.24. The van der Waals surface area contributed by atoms with Gasteiger partial charge in [0.25, 0.3) is 0 Å². The van der Waals surface area contributed by atoms with Gasteiger partial charge in [-0.1, -0.05) is 32.6 Å². The summed E-state index contributed by atoms with van der Waals surface area (Å²) in [6.45, 7) is 12.2. The Bertz CT molecular complexity index is 156. The van der Waals surface area contributed by atoms with Crippen LogP contribution in [0.5, 0.6) is 0 Å². The molecule has 0 saturated heterocycles. The minimum Gasteiger partial charge on any atom is -0.316 e. The molecule has 0 atom stereocenters. The second-order valence-electron chi connectivity index (χ2n) is 5.91. The van der Waals surface area contributed by atoms with Crippen molar-refractivity contribution in [3.8, 4) is 0 Å². The summed E-state index contributed by atoms with van der Waals surface area (Å²) in [7, 11) is -0.830. The van der Waals surface area contributed by atoms with Gasteiger partial charge in [-0.05, 0) is 31.2 Å². The maximum Gasteiger partial charge on any atom is 0.0448 e. The van der Waals surface area contributed by atoms with E-state index in [9.17, 15) is 0 Å².